The first-order valence-corrected chi connectivity index (χ1v) is 8.04. The second-order valence-corrected chi connectivity index (χ2v) is 6.37. The molecule has 0 saturated carbocycles. The van der Waals surface area contributed by atoms with Crippen LogP contribution in [0.2, 0.25) is 0 Å². The Kier molecular flexibility index (Phi) is 4.43. The molecule has 2 aromatic heterocycles. The third kappa shape index (κ3) is 3.67. The lowest BCUT2D eigenvalue weighted by atomic mass is 9.97. The third-order valence-electron chi connectivity index (χ3n) is 3.51. The fourth-order valence-electron chi connectivity index (χ4n) is 2.33. The average molecular weight is 314 g/mol. The summed E-state index contributed by atoms with van der Waals surface area (Å²) in [5.41, 5.74) is 7.90. The van der Waals surface area contributed by atoms with E-state index in [1.54, 1.807) is 0 Å². The van der Waals surface area contributed by atoms with Gasteiger partial charge in [-0.25, -0.2) is 0 Å². The summed E-state index contributed by atoms with van der Waals surface area (Å²) in [6.45, 7) is 2.94. The van der Waals surface area contributed by atoms with Crippen LogP contribution in [0.25, 0.3) is 0 Å². The number of nitrogen functional groups attached to an aromatic ring is 1. The van der Waals surface area contributed by atoms with Gasteiger partial charge in [0.1, 0.15) is 5.01 Å². The summed E-state index contributed by atoms with van der Waals surface area (Å²) >= 11 is 1.42. The molecule has 6 nitrogen and oxygen atoms in total. The Morgan fingerprint density at radius 1 is 1.18 bits per heavy atom. The molecule has 1 aromatic carbocycles. The maximum atomic E-state index is 5.57. The van der Waals surface area contributed by atoms with Crippen molar-refractivity contribution >= 4 is 16.5 Å². The summed E-state index contributed by atoms with van der Waals surface area (Å²) < 4.78 is 1.85. The highest BCUT2D eigenvalue weighted by Crippen LogP contribution is 2.19. The maximum absolute atomic E-state index is 5.57. The number of hydrogen-bond donors (Lipinski definition) is 1. The van der Waals surface area contributed by atoms with Crippen molar-refractivity contribution in [3.8, 4) is 0 Å². The smallest absolute Gasteiger partial charge is 0.203 e. The molecule has 0 bridgehead atoms. The fourth-order valence-corrected chi connectivity index (χ4v) is 2.93. The van der Waals surface area contributed by atoms with E-state index in [2.05, 4.69) is 51.7 Å². The van der Waals surface area contributed by atoms with Crippen LogP contribution in [-0.4, -0.2) is 25.2 Å². The molecule has 22 heavy (non-hydrogen) atoms. The number of aromatic nitrogens is 5. The number of benzene rings is 1. The first-order valence-electron chi connectivity index (χ1n) is 7.22. The van der Waals surface area contributed by atoms with Crippen molar-refractivity contribution in [2.24, 2.45) is 0 Å². The summed E-state index contributed by atoms with van der Waals surface area (Å²) in [6, 6.07) is 10.5. The molecular weight excluding hydrogens is 296 g/mol. The molecule has 0 radical (unpaired) electrons. The van der Waals surface area contributed by atoms with Crippen LogP contribution in [0.15, 0.2) is 36.5 Å². The fraction of sp³-hybridized carbons (Fsp3) is 0.333. The Balaban J connectivity index is 1.57. The van der Waals surface area contributed by atoms with Crippen LogP contribution in [-0.2, 0) is 19.4 Å². The number of hydrogen-bond acceptors (Lipinski definition) is 6. The zero-order valence-corrected chi connectivity index (χ0v) is 13.2. The Morgan fingerprint density at radius 3 is 2.73 bits per heavy atom. The Bertz CT molecular complexity index is 720. The summed E-state index contributed by atoms with van der Waals surface area (Å²) in [5, 5.41) is 17.7. The Morgan fingerprint density at radius 2 is 2.00 bits per heavy atom. The number of aryl methyl sites for hydroxylation is 2. The molecule has 2 N–H and O–H groups in total. The lowest BCUT2D eigenvalue weighted by Gasteiger charge is -2.09. The van der Waals surface area contributed by atoms with E-state index in [-0.39, 0.29) is 0 Å². The number of nitrogens with two attached hydrogens (primary N) is 1. The van der Waals surface area contributed by atoms with Gasteiger partial charge in [-0.05, 0) is 17.9 Å². The molecule has 0 aliphatic carbocycles. The van der Waals surface area contributed by atoms with E-state index in [4.69, 9.17) is 5.73 Å². The van der Waals surface area contributed by atoms with E-state index in [0.29, 0.717) is 11.0 Å². The quantitative estimate of drug-likeness (QED) is 0.755. The molecule has 3 aromatic rings. The molecule has 2 heterocycles. The maximum Gasteiger partial charge on any atom is 0.203 e. The first kappa shape index (κ1) is 14.6. The minimum absolute atomic E-state index is 0.425. The van der Waals surface area contributed by atoms with Gasteiger partial charge >= 0.3 is 0 Å². The summed E-state index contributed by atoms with van der Waals surface area (Å²) in [5.74, 6) is 0.425. The molecule has 7 heteroatoms. The molecule has 1 atom stereocenters. The SMILES string of the molecule is CC(Cc1cn(CCc2nnc(N)s2)nn1)c1ccccc1. The van der Waals surface area contributed by atoms with Crippen molar-refractivity contribution in [1.82, 2.24) is 25.2 Å². The van der Waals surface area contributed by atoms with Gasteiger partial charge in [-0.15, -0.1) is 15.3 Å². The van der Waals surface area contributed by atoms with Gasteiger partial charge in [0.2, 0.25) is 5.13 Å². The molecule has 1 unspecified atom stereocenters. The monoisotopic (exact) mass is 314 g/mol. The third-order valence-corrected chi connectivity index (χ3v) is 4.32. The van der Waals surface area contributed by atoms with E-state index >= 15 is 0 Å². The predicted molar refractivity (Wildman–Crippen MR) is 86.6 cm³/mol. The highest BCUT2D eigenvalue weighted by atomic mass is 32.1. The van der Waals surface area contributed by atoms with Crippen molar-refractivity contribution in [2.75, 3.05) is 5.73 Å². The number of rotatable bonds is 6. The van der Waals surface area contributed by atoms with E-state index in [9.17, 15) is 0 Å². The van der Waals surface area contributed by atoms with Crippen LogP contribution in [0.4, 0.5) is 5.13 Å². The molecular formula is C15H18N6S. The zero-order valence-electron chi connectivity index (χ0n) is 12.4. The highest BCUT2D eigenvalue weighted by Gasteiger charge is 2.10. The lowest BCUT2D eigenvalue weighted by molar-refractivity contribution is 0.586. The van der Waals surface area contributed by atoms with Gasteiger partial charge in [-0.3, -0.25) is 4.68 Å². The van der Waals surface area contributed by atoms with E-state index in [1.165, 1.54) is 16.9 Å². The Hall–Kier alpha value is -2.28. The second kappa shape index (κ2) is 6.65. The minimum atomic E-state index is 0.425. The van der Waals surface area contributed by atoms with E-state index < -0.39 is 0 Å². The second-order valence-electron chi connectivity index (χ2n) is 5.27. The van der Waals surface area contributed by atoms with Crippen LogP contribution < -0.4 is 5.73 Å². The van der Waals surface area contributed by atoms with Crippen LogP contribution >= 0.6 is 11.3 Å². The van der Waals surface area contributed by atoms with Crippen molar-refractivity contribution < 1.29 is 0 Å². The average Bonchev–Trinajstić information content (AvgIpc) is 3.15. The number of anilines is 1. The molecule has 0 spiro atoms. The molecule has 0 saturated heterocycles. The molecule has 114 valence electrons. The molecule has 0 aliphatic heterocycles. The topological polar surface area (TPSA) is 82.5 Å². The molecule has 3 rings (SSSR count). The predicted octanol–water partition coefficient (Wildman–Crippen LogP) is 2.30. The van der Waals surface area contributed by atoms with Gasteiger partial charge < -0.3 is 5.73 Å². The van der Waals surface area contributed by atoms with Gasteiger partial charge in [0.25, 0.3) is 0 Å². The lowest BCUT2D eigenvalue weighted by Crippen LogP contribution is -2.02. The summed E-state index contributed by atoms with van der Waals surface area (Å²) in [6.07, 6.45) is 3.66. The Labute approximate surface area is 133 Å². The number of nitrogens with zero attached hydrogens (tertiary/aromatic N) is 5. The zero-order chi connectivity index (χ0) is 15.4. The van der Waals surface area contributed by atoms with Gasteiger partial charge in [0.05, 0.1) is 5.69 Å². The molecule has 0 aliphatic rings. The standard InChI is InChI=1S/C15H18N6S/c1-11(12-5-3-2-4-6-12)9-13-10-21(20-17-13)8-7-14-18-19-15(16)22-14/h2-6,10-11H,7-9H2,1H3,(H2,16,19). The van der Waals surface area contributed by atoms with E-state index in [0.717, 1.165) is 30.1 Å². The van der Waals surface area contributed by atoms with Gasteiger partial charge in [-0.1, -0.05) is 53.8 Å². The van der Waals surface area contributed by atoms with Crippen molar-refractivity contribution in [1.29, 1.82) is 0 Å². The molecule has 0 amide bonds. The summed E-state index contributed by atoms with van der Waals surface area (Å²) in [4.78, 5) is 0. The van der Waals surface area contributed by atoms with Crippen molar-refractivity contribution in [3.05, 3.63) is 52.8 Å². The van der Waals surface area contributed by atoms with Gasteiger partial charge in [0, 0.05) is 19.2 Å². The van der Waals surface area contributed by atoms with Crippen molar-refractivity contribution in [2.45, 2.75) is 32.2 Å². The van der Waals surface area contributed by atoms with Gasteiger partial charge in [-0.2, -0.15) is 0 Å². The van der Waals surface area contributed by atoms with Gasteiger partial charge in [0.15, 0.2) is 0 Å². The summed E-state index contributed by atoms with van der Waals surface area (Å²) in [7, 11) is 0. The van der Waals surface area contributed by atoms with Crippen molar-refractivity contribution in [3.63, 3.8) is 0 Å². The van der Waals surface area contributed by atoms with Crippen LogP contribution in [0.3, 0.4) is 0 Å². The molecule has 0 fully saturated rings. The normalized spacial score (nSPS) is 12.4. The van der Waals surface area contributed by atoms with E-state index in [1.807, 2.05) is 16.9 Å². The van der Waals surface area contributed by atoms with Crippen LogP contribution in [0.1, 0.15) is 29.1 Å². The first-order chi connectivity index (χ1) is 10.7. The van der Waals surface area contributed by atoms with Crippen LogP contribution in [0.5, 0.6) is 0 Å². The largest absolute Gasteiger partial charge is 0.374 e. The minimum Gasteiger partial charge on any atom is -0.374 e. The highest BCUT2D eigenvalue weighted by molar-refractivity contribution is 7.15. The van der Waals surface area contributed by atoms with Crippen LogP contribution in [0, 0.1) is 0 Å².